The van der Waals surface area contributed by atoms with Gasteiger partial charge in [0.05, 0.1) is 7.11 Å². The second-order valence-electron chi connectivity index (χ2n) is 5.90. The standard InChI is InChI=1S/C16H23N3O/c1-6-19-14(17)13(18-15(19)16(2,3)4)11-8-7-9-12(10-11)20-5/h7-10H,6,17H2,1-5H3. The van der Waals surface area contributed by atoms with Gasteiger partial charge in [0.25, 0.3) is 0 Å². The highest BCUT2D eigenvalue weighted by Gasteiger charge is 2.24. The minimum absolute atomic E-state index is 0.0404. The molecule has 0 saturated heterocycles. The number of imidazole rings is 1. The lowest BCUT2D eigenvalue weighted by Crippen LogP contribution is -2.19. The fourth-order valence-electron chi connectivity index (χ4n) is 2.34. The summed E-state index contributed by atoms with van der Waals surface area (Å²) >= 11 is 0. The fourth-order valence-corrected chi connectivity index (χ4v) is 2.34. The summed E-state index contributed by atoms with van der Waals surface area (Å²) in [6, 6.07) is 7.84. The van der Waals surface area contributed by atoms with Gasteiger partial charge in [-0.1, -0.05) is 32.9 Å². The Kier molecular flexibility index (Phi) is 3.75. The molecule has 0 amide bonds. The van der Waals surface area contributed by atoms with Crippen LogP contribution in [0.3, 0.4) is 0 Å². The van der Waals surface area contributed by atoms with Crippen LogP contribution in [-0.4, -0.2) is 16.7 Å². The molecule has 2 rings (SSSR count). The molecule has 0 bridgehead atoms. The molecule has 0 spiro atoms. The van der Waals surface area contributed by atoms with Crippen LogP contribution >= 0.6 is 0 Å². The quantitative estimate of drug-likeness (QED) is 0.931. The van der Waals surface area contributed by atoms with E-state index in [1.54, 1.807) is 7.11 Å². The predicted molar refractivity (Wildman–Crippen MR) is 83.0 cm³/mol. The summed E-state index contributed by atoms with van der Waals surface area (Å²) < 4.78 is 7.35. The highest BCUT2D eigenvalue weighted by atomic mass is 16.5. The van der Waals surface area contributed by atoms with Gasteiger partial charge in [-0.3, -0.25) is 0 Å². The third-order valence-corrected chi connectivity index (χ3v) is 3.34. The van der Waals surface area contributed by atoms with Crippen molar-refractivity contribution in [1.82, 2.24) is 9.55 Å². The molecule has 1 heterocycles. The molecule has 0 aliphatic carbocycles. The van der Waals surface area contributed by atoms with Crippen molar-refractivity contribution in [2.45, 2.75) is 39.7 Å². The molecule has 0 saturated carbocycles. The van der Waals surface area contributed by atoms with Crippen molar-refractivity contribution in [3.05, 3.63) is 30.1 Å². The number of methoxy groups -OCH3 is 1. The Morgan fingerprint density at radius 2 is 2.00 bits per heavy atom. The summed E-state index contributed by atoms with van der Waals surface area (Å²) in [5, 5.41) is 0. The number of nitrogen functional groups attached to an aromatic ring is 1. The third kappa shape index (κ3) is 2.50. The first-order valence-electron chi connectivity index (χ1n) is 6.89. The van der Waals surface area contributed by atoms with Crippen molar-refractivity contribution in [2.24, 2.45) is 0 Å². The Morgan fingerprint density at radius 1 is 1.30 bits per heavy atom. The van der Waals surface area contributed by atoms with E-state index >= 15 is 0 Å². The number of nitrogens with two attached hydrogens (primary N) is 1. The van der Waals surface area contributed by atoms with Crippen LogP contribution in [0.5, 0.6) is 5.75 Å². The summed E-state index contributed by atoms with van der Waals surface area (Å²) in [6.07, 6.45) is 0. The van der Waals surface area contributed by atoms with E-state index < -0.39 is 0 Å². The molecule has 1 aromatic heterocycles. The van der Waals surface area contributed by atoms with Crippen LogP contribution in [0.2, 0.25) is 0 Å². The van der Waals surface area contributed by atoms with Crippen LogP contribution in [0.1, 0.15) is 33.5 Å². The lowest BCUT2D eigenvalue weighted by atomic mass is 9.95. The van der Waals surface area contributed by atoms with Crippen LogP contribution in [0, 0.1) is 0 Å². The second kappa shape index (κ2) is 5.19. The fraction of sp³-hybridized carbons (Fsp3) is 0.438. The Balaban J connectivity index is 2.60. The average Bonchev–Trinajstić information content (AvgIpc) is 2.75. The van der Waals surface area contributed by atoms with Crippen LogP contribution in [0.4, 0.5) is 5.82 Å². The van der Waals surface area contributed by atoms with Crippen molar-refractivity contribution >= 4 is 5.82 Å². The van der Waals surface area contributed by atoms with Crippen molar-refractivity contribution in [2.75, 3.05) is 12.8 Å². The van der Waals surface area contributed by atoms with E-state index in [-0.39, 0.29) is 5.41 Å². The van der Waals surface area contributed by atoms with Gasteiger partial charge < -0.3 is 15.0 Å². The van der Waals surface area contributed by atoms with Crippen LogP contribution in [-0.2, 0) is 12.0 Å². The maximum Gasteiger partial charge on any atom is 0.131 e. The maximum absolute atomic E-state index is 6.29. The van der Waals surface area contributed by atoms with Gasteiger partial charge in [-0.2, -0.15) is 0 Å². The van der Waals surface area contributed by atoms with Gasteiger partial charge in [0.15, 0.2) is 0 Å². The summed E-state index contributed by atoms with van der Waals surface area (Å²) in [5.74, 6) is 2.53. The zero-order valence-corrected chi connectivity index (χ0v) is 12.9. The van der Waals surface area contributed by atoms with Gasteiger partial charge in [0, 0.05) is 17.5 Å². The van der Waals surface area contributed by atoms with Crippen LogP contribution in [0.15, 0.2) is 24.3 Å². The summed E-state index contributed by atoms with van der Waals surface area (Å²) in [5.41, 5.74) is 8.07. The molecule has 108 valence electrons. The Labute approximate surface area is 120 Å². The first-order valence-corrected chi connectivity index (χ1v) is 6.89. The van der Waals surface area contributed by atoms with Gasteiger partial charge >= 0.3 is 0 Å². The zero-order valence-electron chi connectivity index (χ0n) is 12.9. The second-order valence-corrected chi connectivity index (χ2v) is 5.90. The van der Waals surface area contributed by atoms with Crippen molar-refractivity contribution in [3.8, 4) is 17.0 Å². The molecule has 0 radical (unpaired) electrons. The lowest BCUT2D eigenvalue weighted by molar-refractivity contribution is 0.415. The van der Waals surface area contributed by atoms with Gasteiger partial charge in [0.1, 0.15) is 23.1 Å². The number of anilines is 1. The van der Waals surface area contributed by atoms with E-state index in [0.717, 1.165) is 29.4 Å². The molecular formula is C16H23N3O. The van der Waals surface area contributed by atoms with Crippen molar-refractivity contribution < 1.29 is 4.74 Å². The molecule has 4 nitrogen and oxygen atoms in total. The van der Waals surface area contributed by atoms with E-state index in [1.807, 2.05) is 24.3 Å². The number of hydrogen-bond acceptors (Lipinski definition) is 3. The van der Waals surface area contributed by atoms with Crippen molar-refractivity contribution in [3.63, 3.8) is 0 Å². The maximum atomic E-state index is 6.29. The Morgan fingerprint density at radius 3 is 2.50 bits per heavy atom. The van der Waals surface area contributed by atoms with E-state index in [2.05, 4.69) is 32.3 Å². The number of nitrogens with zero attached hydrogens (tertiary/aromatic N) is 2. The first-order chi connectivity index (χ1) is 9.38. The molecule has 0 aliphatic rings. The summed E-state index contributed by atoms with van der Waals surface area (Å²) in [4.78, 5) is 4.78. The molecule has 20 heavy (non-hydrogen) atoms. The SMILES string of the molecule is CCn1c(C(C)(C)C)nc(-c2cccc(OC)c2)c1N. The minimum atomic E-state index is -0.0404. The lowest BCUT2D eigenvalue weighted by Gasteiger charge is -2.19. The minimum Gasteiger partial charge on any atom is -0.497 e. The van der Waals surface area contributed by atoms with Crippen LogP contribution < -0.4 is 10.5 Å². The first kappa shape index (κ1) is 14.4. The van der Waals surface area contributed by atoms with E-state index in [0.29, 0.717) is 5.82 Å². The van der Waals surface area contributed by atoms with Gasteiger partial charge in [-0.25, -0.2) is 4.98 Å². The number of aromatic nitrogens is 2. The van der Waals surface area contributed by atoms with E-state index in [1.165, 1.54) is 0 Å². The monoisotopic (exact) mass is 273 g/mol. The molecular weight excluding hydrogens is 250 g/mol. The molecule has 4 heteroatoms. The van der Waals surface area contributed by atoms with E-state index in [9.17, 15) is 0 Å². The number of hydrogen-bond donors (Lipinski definition) is 1. The molecule has 0 unspecified atom stereocenters. The summed E-state index contributed by atoms with van der Waals surface area (Å²) in [7, 11) is 1.66. The smallest absolute Gasteiger partial charge is 0.131 e. The van der Waals surface area contributed by atoms with Gasteiger partial charge in [-0.15, -0.1) is 0 Å². The highest BCUT2D eigenvalue weighted by molar-refractivity contribution is 5.72. The Bertz CT molecular complexity index is 609. The number of benzene rings is 1. The molecule has 2 N–H and O–H groups in total. The molecule has 0 aliphatic heterocycles. The molecule has 2 aromatic rings. The normalized spacial score (nSPS) is 11.7. The van der Waals surface area contributed by atoms with Gasteiger partial charge in [0.2, 0.25) is 0 Å². The van der Waals surface area contributed by atoms with Gasteiger partial charge in [-0.05, 0) is 19.1 Å². The van der Waals surface area contributed by atoms with Crippen LogP contribution in [0.25, 0.3) is 11.3 Å². The predicted octanol–water partition coefficient (Wildman–Crippen LogP) is 3.46. The Hall–Kier alpha value is -1.97. The molecule has 1 aromatic carbocycles. The molecule has 0 fully saturated rings. The summed E-state index contributed by atoms with van der Waals surface area (Å²) in [6.45, 7) is 9.35. The number of rotatable bonds is 3. The largest absolute Gasteiger partial charge is 0.497 e. The van der Waals surface area contributed by atoms with Crippen molar-refractivity contribution in [1.29, 1.82) is 0 Å². The highest BCUT2D eigenvalue weighted by Crippen LogP contribution is 2.33. The topological polar surface area (TPSA) is 53.1 Å². The zero-order chi connectivity index (χ0) is 14.9. The number of ether oxygens (including phenoxy) is 1. The average molecular weight is 273 g/mol. The molecule has 0 atom stereocenters. The van der Waals surface area contributed by atoms with E-state index in [4.69, 9.17) is 15.5 Å². The third-order valence-electron chi connectivity index (χ3n) is 3.34.